The van der Waals surface area contributed by atoms with Gasteiger partial charge in [0.15, 0.2) is 11.5 Å². The van der Waals surface area contributed by atoms with E-state index in [1.165, 1.54) is 11.5 Å². The highest BCUT2D eigenvalue weighted by Crippen LogP contribution is 2.33. The smallest absolute Gasteiger partial charge is 0.317 e. The molecule has 19 heteroatoms. The summed E-state index contributed by atoms with van der Waals surface area (Å²) in [7, 11) is 0. The molecular weight excluding hydrogens is 753 g/mol. The Hall–Kier alpha value is -5.69. The minimum Gasteiger partial charge on any atom is -0.371 e. The highest BCUT2D eigenvalue weighted by atomic mass is 32.1. The van der Waals surface area contributed by atoms with Gasteiger partial charge in [-0.25, -0.2) is 14.8 Å². The Balaban J connectivity index is 0.789. The molecule has 7 amide bonds. The number of carbonyl (C=O) groups excluding carboxylic acids is 6. The van der Waals surface area contributed by atoms with Crippen molar-refractivity contribution in [3.05, 3.63) is 53.0 Å². The van der Waals surface area contributed by atoms with Crippen LogP contribution in [0, 0.1) is 12.8 Å². The van der Waals surface area contributed by atoms with E-state index >= 15 is 0 Å². The normalized spacial score (nSPS) is 22.1. The lowest BCUT2D eigenvalue weighted by molar-refractivity contribution is -0.136. The number of benzene rings is 1. The van der Waals surface area contributed by atoms with Crippen molar-refractivity contribution >= 4 is 69.4 Å². The Morgan fingerprint density at radius 1 is 0.930 bits per heavy atom. The van der Waals surface area contributed by atoms with Gasteiger partial charge >= 0.3 is 6.03 Å². The molecule has 0 spiro atoms. The van der Waals surface area contributed by atoms with E-state index in [2.05, 4.69) is 40.0 Å². The van der Waals surface area contributed by atoms with Gasteiger partial charge in [-0.05, 0) is 80.7 Å². The van der Waals surface area contributed by atoms with Crippen molar-refractivity contribution in [2.75, 3.05) is 74.0 Å². The molecule has 57 heavy (non-hydrogen) atoms. The molecule has 5 N–H and O–H groups in total. The number of aromatic nitrogens is 3. The third-order valence-corrected chi connectivity index (χ3v) is 12.3. The van der Waals surface area contributed by atoms with Crippen LogP contribution >= 0.6 is 11.5 Å². The van der Waals surface area contributed by atoms with Gasteiger partial charge in [0.05, 0.1) is 23.0 Å². The number of primary amides is 1. The third kappa shape index (κ3) is 8.11. The number of hydrogen-bond donors (Lipinski definition) is 4. The zero-order valence-electron chi connectivity index (χ0n) is 31.7. The first-order valence-corrected chi connectivity index (χ1v) is 20.3. The standard InChI is InChI=1S/C38H46N12O6S/c1-22-17-31(57-45-22)44-34-32(33(39)52)40-19-29(42-34)49-10-2-3-24(21-49)41-38(56)48-15-13-46(14-16-48)20-23-8-11-47(12-9-23)25-4-5-26-27(18-25)37(55)50(36(26)54)28-6-7-30(51)43-35(28)53/h4-5,17-19,23-24,28H,2-3,6-16,20-21H2,1H3,(H2,39,52)(H,41,56)(H,42,44)(H,43,51,53). The molecule has 1 aromatic carbocycles. The maximum Gasteiger partial charge on any atom is 0.317 e. The van der Waals surface area contributed by atoms with Crippen molar-refractivity contribution in [1.29, 1.82) is 0 Å². The number of nitrogens with two attached hydrogens (primary N) is 1. The number of nitrogens with zero attached hydrogens (tertiary/aromatic N) is 8. The van der Waals surface area contributed by atoms with Gasteiger partial charge in [0, 0.05) is 77.1 Å². The average molecular weight is 799 g/mol. The first-order valence-electron chi connectivity index (χ1n) is 19.5. The second-order valence-electron chi connectivity index (χ2n) is 15.4. The molecule has 18 nitrogen and oxygen atoms in total. The molecular formula is C38H46N12O6S. The number of nitrogens with one attached hydrogen (secondary N) is 3. The van der Waals surface area contributed by atoms with E-state index in [-0.39, 0.29) is 42.0 Å². The molecule has 0 aliphatic carbocycles. The Morgan fingerprint density at radius 3 is 2.42 bits per heavy atom. The molecule has 0 saturated carbocycles. The van der Waals surface area contributed by atoms with Crippen LogP contribution in [0.15, 0.2) is 30.5 Å². The SMILES string of the molecule is Cc1cc(Nc2nc(N3CCCC(NC(=O)N4CCN(CC5CCN(c6ccc7c(c6)C(=O)N(C6CCC(=O)NC6=O)C7=O)CC5)CC4)C3)cnc2C(N)=O)sn1. The van der Waals surface area contributed by atoms with Crippen LogP contribution in [0.3, 0.4) is 0 Å². The molecule has 5 aliphatic rings. The number of rotatable bonds is 9. The molecule has 4 fully saturated rings. The van der Waals surface area contributed by atoms with Gasteiger partial charge in [0.2, 0.25) is 11.8 Å². The number of aryl methyl sites for hydroxylation is 1. The van der Waals surface area contributed by atoms with Crippen LogP contribution < -0.4 is 31.5 Å². The lowest BCUT2D eigenvalue weighted by atomic mass is 9.95. The van der Waals surface area contributed by atoms with E-state index in [0.717, 1.165) is 86.2 Å². The van der Waals surface area contributed by atoms with Crippen LogP contribution in [0.5, 0.6) is 0 Å². The minimum atomic E-state index is -0.983. The fourth-order valence-corrected chi connectivity index (χ4v) is 9.10. The van der Waals surface area contributed by atoms with Crippen molar-refractivity contribution in [2.45, 2.75) is 57.5 Å². The Kier molecular flexibility index (Phi) is 10.8. The highest BCUT2D eigenvalue weighted by molar-refractivity contribution is 7.10. The van der Waals surface area contributed by atoms with Gasteiger partial charge in [0.25, 0.3) is 17.7 Å². The van der Waals surface area contributed by atoms with Crippen molar-refractivity contribution in [3.63, 3.8) is 0 Å². The number of piperazine rings is 1. The van der Waals surface area contributed by atoms with Crippen LogP contribution in [-0.4, -0.2) is 136 Å². The van der Waals surface area contributed by atoms with E-state index in [9.17, 15) is 28.8 Å². The summed E-state index contributed by atoms with van der Waals surface area (Å²) in [6.07, 6.45) is 5.42. The largest absolute Gasteiger partial charge is 0.371 e. The summed E-state index contributed by atoms with van der Waals surface area (Å²) in [6.45, 7) is 8.65. The van der Waals surface area contributed by atoms with Crippen LogP contribution in [0.1, 0.15) is 75.4 Å². The van der Waals surface area contributed by atoms with E-state index in [0.29, 0.717) is 36.9 Å². The molecule has 5 aliphatic heterocycles. The van der Waals surface area contributed by atoms with Crippen molar-refractivity contribution in [3.8, 4) is 0 Å². The number of urea groups is 1. The minimum absolute atomic E-state index is 0.0485. The fraction of sp³-hybridized carbons (Fsp3) is 0.500. The summed E-state index contributed by atoms with van der Waals surface area (Å²) in [4.78, 5) is 94.6. The summed E-state index contributed by atoms with van der Waals surface area (Å²) >= 11 is 1.26. The van der Waals surface area contributed by atoms with Crippen molar-refractivity contribution in [2.24, 2.45) is 11.7 Å². The first-order chi connectivity index (χ1) is 27.5. The van der Waals surface area contributed by atoms with Gasteiger partial charge in [-0.1, -0.05) is 0 Å². The van der Waals surface area contributed by atoms with Gasteiger partial charge in [-0.15, -0.1) is 0 Å². The van der Waals surface area contributed by atoms with Crippen molar-refractivity contribution < 1.29 is 28.8 Å². The third-order valence-electron chi connectivity index (χ3n) is 11.5. The number of hydrogen-bond acceptors (Lipinski definition) is 14. The van der Waals surface area contributed by atoms with Gasteiger partial charge in [0.1, 0.15) is 16.9 Å². The average Bonchev–Trinajstić information content (AvgIpc) is 3.73. The predicted octanol–water partition coefficient (Wildman–Crippen LogP) is 1.70. The van der Waals surface area contributed by atoms with E-state index in [1.54, 1.807) is 18.3 Å². The quantitative estimate of drug-likeness (QED) is 0.227. The maximum atomic E-state index is 13.4. The Morgan fingerprint density at radius 2 is 1.70 bits per heavy atom. The summed E-state index contributed by atoms with van der Waals surface area (Å²) in [5, 5.41) is 9.34. The van der Waals surface area contributed by atoms with Gasteiger partial charge < -0.3 is 31.1 Å². The van der Waals surface area contributed by atoms with Gasteiger partial charge in [-0.2, -0.15) is 4.37 Å². The highest BCUT2D eigenvalue weighted by Gasteiger charge is 2.45. The number of carbonyl (C=O) groups is 6. The monoisotopic (exact) mass is 798 g/mol. The lowest BCUT2D eigenvalue weighted by Gasteiger charge is -2.40. The molecule has 2 aromatic heterocycles. The van der Waals surface area contributed by atoms with E-state index in [1.807, 2.05) is 24.0 Å². The molecule has 0 bridgehead atoms. The number of imide groups is 2. The van der Waals surface area contributed by atoms with Gasteiger partial charge in [-0.3, -0.25) is 39.1 Å². The molecule has 8 rings (SSSR count). The molecule has 7 heterocycles. The molecule has 0 radical (unpaired) electrons. The summed E-state index contributed by atoms with van der Waals surface area (Å²) in [5.74, 6) is -1.32. The topological polar surface area (TPSA) is 219 Å². The maximum absolute atomic E-state index is 13.4. The molecule has 3 aromatic rings. The summed E-state index contributed by atoms with van der Waals surface area (Å²) < 4.78 is 4.27. The summed E-state index contributed by atoms with van der Waals surface area (Å²) in [6, 6.07) is 6.03. The lowest BCUT2D eigenvalue weighted by Crippen LogP contribution is -2.56. The number of anilines is 4. The van der Waals surface area contributed by atoms with Crippen molar-refractivity contribution in [1.82, 2.24) is 39.7 Å². The zero-order chi connectivity index (χ0) is 39.8. The predicted molar refractivity (Wildman–Crippen MR) is 211 cm³/mol. The molecule has 300 valence electrons. The molecule has 4 saturated heterocycles. The molecule has 2 unspecified atom stereocenters. The molecule has 2 atom stereocenters. The number of piperidine rings is 3. The van der Waals surface area contributed by atoms with E-state index < -0.39 is 35.6 Å². The Labute approximate surface area is 333 Å². The van der Waals surface area contributed by atoms with E-state index in [4.69, 9.17) is 10.7 Å². The number of amides is 7. The van der Waals surface area contributed by atoms with Crippen LogP contribution in [0.2, 0.25) is 0 Å². The second-order valence-corrected chi connectivity index (χ2v) is 16.2. The fourth-order valence-electron chi connectivity index (χ4n) is 8.44. The first kappa shape index (κ1) is 38.2. The number of fused-ring (bicyclic) bond motifs is 1. The second kappa shape index (κ2) is 16.0. The van der Waals surface area contributed by atoms with Crippen LogP contribution in [0.4, 0.5) is 27.1 Å². The van der Waals surface area contributed by atoms with Crippen LogP contribution in [0.25, 0.3) is 0 Å². The van der Waals surface area contributed by atoms with Crippen LogP contribution in [-0.2, 0) is 9.59 Å². The summed E-state index contributed by atoms with van der Waals surface area (Å²) in [5.41, 5.74) is 7.92. The Bertz CT molecular complexity index is 2090. The zero-order valence-corrected chi connectivity index (χ0v) is 32.6.